The maximum atomic E-state index is 5.64. The quantitative estimate of drug-likeness (QED) is 0.381. The first-order valence-electron chi connectivity index (χ1n) is 9.49. The highest BCUT2D eigenvalue weighted by Gasteiger charge is 2.20. The Morgan fingerprint density at radius 2 is 2.04 bits per heavy atom. The smallest absolute Gasteiger partial charge is 0.191 e. The molecule has 1 saturated carbocycles. The second-order valence-corrected chi connectivity index (χ2v) is 6.67. The van der Waals surface area contributed by atoms with Crippen LogP contribution in [-0.2, 0) is 11.3 Å². The number of hydrogen-bond donors (Lipinski definition) is 2. The molecule has 146 valence electrons. The van der Waals surface area contributed by atoms with Crippen molar-refractivity contribution in [2.24, 2.45) is 10.9 Å². The van der Waals surface area contributed by atoms with E-state index in [0.717, 1.165) is 55.2 Å². The highest BCUT2D eigenvalue weighted by atomic mass is 16.5. The van der Waals surface area contributed by atoms with Gasteiger partial charge in [-0.15, -0.1) is 0 Å². The minimum absolute atomic E-state index is 0.612. The molecule has 7 heteroatoms. The molecule has 1 aromatic heterocycles. The van der Waals surface area contributed by atoms with E-state index in [2.05, 4.69) is 20.7 Å². The Morgan fingerprint density at radius 1 is 1.22 bits per heavy atom. The van der Waals surface area contributed by atoms with E-state index in [4.69, 9.17) is 9.47 Å². The van der Waals surface area contributed by atoms with E-state index in [1.165, 1.54) is 12.8 Å². The number of aliphatic imine (C=N–C) groups is 1. The monoisotopic (exact) mass is 371 g/mol. The third kappa shape index (κ3) is 6.29. The average molecular weight is 371 g/mol. The van der Waals surface area contributed by atoms with Crippen molar-refractivity contribution in [3.8, 4) is 11.4 Å². The summed E-state index contributed by atoms with van der Waals surface area (Å²) in [6.07, 6.45) is 5.60. The predicted octanol–water partition coefficient (Wildman–Crippen LogP) is 2.36. The summed E-state index contributed by atoms with van der Waals surface area (Å²) in [7, 11) is 3.43. The van der Waals surface area contributed by atoms with Crippen LogP contribution in [0, 0.1) is 5.92 Å². The molecule has 0 unspecified atom stereocenters. The van der Waals surface area contributed by atoms with Crippen LogP contribution in [0.1, 0.15) is 25.0 Å². The van der Waals surface area contributed by atoms with Gasteiger partial charge in [-0.3, -0.25) is 4.99 Å². The molecule has 7 nitrogen and oxygen atoms in total. The van der Waals surface area contributed by atoms with Gasteiger partial charge < -0.3 is 20.1 Å². The van der Waals surface area contributed by atoms with Gasteiger partial charge in [0.05, 0.1) is 25.0 Å². The Bertz CT molecular complexity index is 722. The van der Waals surface area contributed by atoms with Gasteiger partial charge in [-0.2, -0.15) is 5.10 Å². The molecule has 1 aromatic carbocycles. The molecular formula is C20H29N5O2. The average Bonchev–Trinajstić information content (AvgIpc) is 3.42. The summed E-state index contributed by atoms with van der Waals surface area (Å²) in [6.45, 7) is 3.17. The molecule has 2 aromatic rings. The van der Waals surface area contributed by atoms with E-state index in [0.29, 0.717) is 6.54 Å². The fourth-order valence-corrected chi connectivity index (χ4v) is 2.65. The molecule has 0 saturated heterocycles. The Labute approximate surface area is 160 Å². The molecule has 3 rings (SSSR count). The number of rotatable bonds is 10. The molecule has 0 bridgehead atoms. The summed E-state index contributed by atoms with van der Waals surface area (Å²) < 4.78 is 12.7. The molecule has 1 heterocycles. The van der Waals surface area contributed by atoms with Crippen molar-refractivity contribution in [1.82, 2.24) is 20.4 Å². The van der Waals surface area contributed by atoms with Gasteiger partial charge in [0.2, 0.25) is 0 Å². The van der Waals surface area contributed by atoms with E-state index < -0.39 is 0 Å². The van der Waals surface area contributed by atoms with Gasteiger partial charge in [0, 0.05) is 33.0 Å². The summed E-state index contributed by atoms with van der Waals surface area (Å²) in [5.41, 5.74) is 1.94. The number of methoxy groups -OCH3 is 1. The number of ether oxygens (including phenoxy) is 2. The molecule has 2 N–H and O–H groups in total. The topological polar surface area (TPSA) is 72.7 Å². The largest absolute Gasteiger partial charge is 0.497 e. The molecule has 27 heavy (non-hydrogen) atoms. The van der Waals surface area contributed by atoms with Gasteiger partial charge in [0.1, 0.15) is 5.75 Å². The second kappa shape index (κ2) is 9.97. The minimum atomic E-state index is 0.612. The molecule has 0 aliphatic heterocycles. The lowest BCUT2D eigenvalue weighted by Gasteiger charge is -2.11. The summed E-state index contributed by atoms with van der Waals surface area (Å²) >= 11 is 0. The van der Waals surface area contributed by atoms with E-state index in [1.54, 1.807) is 14.2 Å². The van der Waals surface area contributed by atoms with Crippen LogP contribution in [0.15, 0.2) is 41.5 Å². The molecule has 0 spiro atoms. The Kier molecular flexibility index (Phi) is 7.10. The van der Waals surface area contributed by atoms with Crippen LogP contribution >= 0.6 is 0 Å². The maximum Gasteiger partial charge on any atom is 0.191 e. The normalized spacial score (nSPS) is 14.2. The number of benzene rings is 1. The van der Waals surface area contributed by atoms with E-state index >= 15 is 0 Å². The minimum Gasteiger partial charge on any atom is -0.497 e. The molecule has 0 radical (unpaired) electrons. The first kappa shape index (κ1) is 19.2. The van der Waals surface area contributed by atoms with Gasteiger partial charge in [-0.05, 0) is 55.5 Å². The lowest BCUT2D eigenvalue weighted by atomic mass is 10.3. The zero-order chi connectivity index (χ0) is 18.9. The van der Waals surface area contributed by atoms with Crippen LogP contribution < -0.4 is 15.4 Å². The summed E-state index contributed by atoms with van der Waals surface area (Å²) in [6, 6.07) is 9.81. The molecule has 0 amide bonds. The predicted molar refractivity (Wildman–Crippen MR) is 106 cm³/mol. The van der Waals surface area contributed by atoms with Crippen molar-refractivity contribution >= 4 is 5.96 Å². The van der Waals surface area contributed by atoms with Gasteiger partial charge >= 0.3 is 0 Å². The van der Waals surface area contributed by atoms with Gasteiger partial charge in [0.25, 0.3) is 0 Å². The number of nitrogens with zero attached hydrogens (tertiary/aromatic N) is 3. The van der Waals surface area contributed by atoms with Gasteiger partial charge in [0.15, 0.2) is 5.96 Å². The Balaban J connectivity index is 1.38. The van der Waals surface area contributed by atoms with Crippen molar-refractivity contribution in [3.63, 3.8) is 0 Å². The fourth-order valence-electron chi connectivity index (χ4n) is 2.65. The zero-order valence-corrected chi connectivity index (χ0v) is 16.1. The van der Waals surface area contributed by atoms with Crippen LogP contribution in [0.3, 0.4) is 0 Å². The summed E-state index contributed by atoms with van der Waals surface area (Å²) in [5.74, 6) is 2.43. The highest BCUT2D eigenvalue weighted by Crippen LogP contribution is 2.28. The van der Waals surface area contributed by atoms with E-state index in [-0.39, 0.29) is 0 Å². The number of guanidine groups is 1. The standard InChI is InChI=1S/C20H29N5O2/c1-21-20(22-11-3-13-27-15-16-4-5-16)23-14-17-10-12-25(24-17)18-6-8-19(26-2)9-7-18/h6-10,12,16H,3-5,11,13-15H2,1-2H3,(H2,21,22,23). The number of aromatic nitrogens is 2. The molecule has 1 aliphatic carbocycles. The molecule has 1 aliphatic rings. The summed E-state index contributed by atoms with van der Waals surface area (Å²) in [5, 5.41) is 11.2. The zero-order valence-electron chi connectivity index (χ0n) is 16.1. The third-order valence-corrected chi connectivity index (χ3v) is 4.45. The van der Waals surface area contributed by atoms with Gasteiger partial charge in [-0.1, -0.05) is 0 Å². The van der Waals surface area contributed by atoms with Crippen LogP contribution in [0.5, 0.6) is 5.75 Å². The van der Waals surface area contributed by atoms with Crippen molar-refractivity contribution in [2.45, 2.75) is 25.8 Å². The van der Waals surface area contributed by atoms with E-state index in [9.17, 15) is 0 Å². The van der Waals surface area contributed by atoms with Crippen molar-refractivity contribution in [3.05, 3.63) is 42.2 Å². The molecule has 0 atom stereocenters. The molecule has 1 fully saturated rings. The first-order valence-corrected chi connectivity index (χ1v) is 9.49. The number of nitrogens with one attached hydrogen (secondary N) is 2. The van der Waals surface area contributed by atoms with Crippen molar-refractivity contribution < 1.29 is 9.47 Å². The second-order valence-electron chi connectivity index (χ2n) is 6.67. The van der Waals surface area contributed by atoms with Crippen LogP contribution in [0.25, 0.3) is 5.69 Å². The van der Waals surface area contributed by atoms with Gasteiger partial charge in [-0.25, -0.2) is 4.68 Å². The third-order valence-electron chi connectivity index (χ3n) is 4.45. The molecular weight excluding hydrogens is 342 g/mol. The van der Waals surface area contributed by atoms with Crippen LogP contribution in [-0.4, -0.2) is 49.7 Å². The van der Waals surface area contributed by atoms with Crippen LogP contribution in [0.2, 0.25) is 0 Å². The van der Waals surface area contributed by atoms with Crippen molar-refractivity contribution in [2.75, 3.05) is 33.9 Å². The van der Waals surface area contributed by atoms with E-state index in [1.807, 2.05) is 41.2 Å². The lowest BCUT2D eigenvalue weighted by molar-refractivity contribution is 0.123. The van der Waals surface area contributed by atoms with Crippen LogP contribution in [0.4, 0.5) is 0 Å². The summed E-state index contributed by atoms with van der Waals surface area (Å²) in [4.78, 5) is 4.25. The Hall–Kier alpha value is -2.54. The Morgan fingerprint density at radius 3 is 2.74 bits per heavy atom. The first-order chi connectivity index (χ1) is 13.3. The maximum absolute atomic E-state index is 5.64. The number of hydrogen-bond acceptors (Lipinski definition) is 4. The fraction of sp³-hybridized carbons (Fsp3) is 0.500. The highest BCUT2D eigenvalue weighted by molar-refractivity contribution is 5.79. The SMILES string of the molecule is CN=C(NCCCOCC1CC1)NCc1ccn(-c2ccc(OC)cc2)n1. The lowest BCUT2D eigenvalue weighted by Crippen LogP contribution is -2.37. The van der Waals surface area contributed by atoms with Crippen molar-refractivity contribution in [1.29, 1.82) is 0 Å².